The fourth-order valence-corrected chi connectivity index (χ4v) is 4.92. The summed E-state index contributed by atoms with van der Waals surface area (Å²) in [5.74, 6) is -0.177. The minimum Gasteiger partial charge on any atom is -0.348 e. The third kappa shape index (κ3) is 4.10. The Morgan fingerprint density at radius 3 is 2.16 bits per heavy atom. The smallest absolute Gasteiger partial charge is 0.251 e. The van der Waals surface area contributed by atoms with Crippen LogP contribution in [0.15, 0.2) is 77.5 Å². The molecule has 5 rings (SSSR count). The van der Waals surface area contributed by atoms with E-state index in [0.29, 0.717) is 22.6 Å². The van der Waals surface area contributed by atoms with Gasteiger partial charge < -0.3 is 5.32 Å². The Bertz CT molecular complexity index is 1370. The van der Waals surface area contributed by atoms with E-state index in [1.54, 1.807) is 34.8 Å². The molecule has 0 atom stereocenters. The summed E-state index contributed by atoms with van der Waals surface area (Å²) in [4.78, 5) is 24.6. The maximum absolute atomic E-state index is 12.7. The number of halogens is 1. The summed E-state index contributed by atoms with van der Waals surface area (Å²) in [5.41, 5.74) is 4.55. The van der Waals surface area contributed by atoms with Crippen LogP contribution < -0.4 is 5.32 Å². The molecule has 5 aromatic rings. The normalized spacial score (nSPS) is 11.0. The van der Waals surface area contributed by atoms with Crippen LogP contribution in [0.2, 0.25) is 5.02 Å². The molecule has 0 aliphatic heterocycles. The van der Waals surface area contributed by atoms with Gasteiger partial charge in [-0.1, -0.05) is 41.9 Å². The molecule has 7 heteroatoms. The molecule has 1 amide bonds. The second-order valence-electron chi connectivity index (χ2n) is 6.85. The van der Waals surface area contributed by atoms with Crippen LogP contribution in [0.25, 0.3) is 32.2 Å². The molecule has 0 fully saturated rings. The predicted octanol–water partition coefficient (Wildman–Crippen LogP) is 6.67. The first kappa shape index (κ1) is 19.9. The summed E-state index contributed by atoms with van der Waals surface area (Å²) in [6.07, 6.45) is 0. The Balaban J connectivity index is 1.50. The van der Waals surface area contributed by atoms with Crippen LogP contribution in [0.5, 0.6) is 0 Å². The van der Waals surface area contributed by atoms with E-state index < -0.39 is 0 Å². The maximum Gasteiger partial charge on any atom is 0.251 e. The molecule has 0 bridgehead atoms. The topological polar surface area (TPSA) is 54.9 Å². The number of hydrogen-bond donors (Lipinski definition) is 1. The fraction of sp³-hybridized carbons (Fsp3) is 0.0417. The van der Waals surface area contributed by atoms with Gasteiger partial charge in [0.1, 0.15) is 11.4 Å². The Labute approximate surface area is 192 Å². The van der Waals surface area contributed by atoms with Crippen LogP contribution in [0, 0.1) is 0 Å². The minimum atomic E-state index is -0.177. The molecule has 31 heavy (non-hydrogen) atoms. The number of nitrogens with zero attached hydrogens (tertiary/aromatic N) is 2. The lowest BCUT2D eigenvalue weighted by molar-refractivity contribution is 0.0951. The van der Waals surface area contributed by atoms with E-state index in [1.807, 2.05) is 65.4 Å². The zero-order chi connectivity index (χ0) is 21.2. The highest BCUT2D eigenvalue weighted by Crippen LogP contribution is 2.35. The summed E-state index contributed by atoms with van der Waals surface area (Å²) in [7, 11) is 0. The van der Waals surface area contributed by atoms with Crippen molar-refractivity contribution in [3.63, 3.8) is 0 Å². The van der Waals surface area contributed by atoms with Gasteiger partial charge in [-0.15, -0.1) is 22.7 Å². The second-order valence-corrected chi connectivity index (χ2v) is 9.16. The highest BCUT2D eigenvalue weighted by atomic mass is 35.5. The lowest BCUT2D eigenvalue weighted by Gasteiger charge is -2.10. The highest BCUT2D eigenvalue weighted by molar-refractivity contribution is 7.14. The van der Waals surface area contributed by atoms with Crippen LogP contribution in [0.1, 0.15) is 15.9 Å². The number of amides is 1. The zero-order valence-electron chi connectivity index (χ0n) is 16.2. The third-order valence-electron chi connectivity index (χ3n) is 4.83. The van der Waals surface area contributed by atoms with E-state index in [-0.39, 0.29) is 5.91 Å². The van der Waals surface area contributed by atoms with Gasteiger partial charge in [-0.3, -0.25) is 4.79 Å². The van der Waals surface area contributed by atoms with Gasteiger partial charge in [0.15, 0.2) is 0 Å². The molecule has 0 aliphatic rings. The van der Waals surface area contributed by atoms with Gasteiger partial charge in [0.25, 0.3) is 5.91 Å². The van der Waals surface area contributed by atoms with Crippen LogP contribution in [-0.2, 0) is 6.54 Å². The number of carbonyl (C=O) groups is 1. The molecule has 152 valence electrons. The predicted molar refractivity (Wildman–Crippen MR) is 129 cm³/mol. The van der Waals surface area contributed by atoms with Gasteiger partial charge in [-0.2, -0.15) is 0 Å². The van der Waals surface area contributed by atoms with Crippen molar-refractivity contribution < 1.29 is 4.79 Å². The Hall–Kier alpha value is -3.06. The van der Waals surface area contributed by atoms with E-state index in [0.717, 1.165) is 32.2 Å². The van der Waals surface area contributed by atoms with E-state index in [2.05, 4.69) is 5.32 Å². The molecule has 0 saturated carbocycles. The molecule has 2 aromatic carbocycles. The number of rotatable bonds is 5. The van der Waals surface area contributed by atoms with Crippen molar-refractivity contribution in [2.24, 2.45) is 0 Å². The van der Waals surface area contributed by atoms with Crippen LogP contribution >= 0.6 is 34.3 Å². The lowest BCUT2D eigenvalue weighted by atomic mass is 10.1. The molecule has 3 heterocycles. The van der Waals surface area contributed by atoms with Crippen molar-refractivity contribution in [1.82, 2.24) is 15.3 Å². The number of carbonyl (C=O) groups excluding carboxylic acids is 1. The van der Waals surface area contributed by atoms with Crippen LogP contribution in [0.3, 0.4) is 0 Å². The van der Waals surface area contributed by atoms with Gasteiger partial charge in [0.2, 0.25) is 0 Å². The number of fused-ring (bicyclic) bond motifs is 1. The van der Waals surface area contributed by atoms with Gasteiger partial charge in [-0.25, -0.2) is 9.97 Å². The molecular weight excluding hydrogens is 446 g/mol. The van der Waals surface area contributed by atoms with Crippen molar-refractivity contribution in [2.45, 2.75) is 6.54 Å². The molecule has 0 radical (unpaired) electrons. The summed E-state index contributed by atoms with van der Waals surface area (Å²) in [5, 5.41) is 7.62. The summed E-state index contributed by atoms with van der Waals surface area (Å²) >= 11 is 9.45. The Morgan fingerprint density at radius 1 is 0.839 bits per heavy atom. The molecule has 0 spiro atoms. The first-order valence-corrected chi connectivity index (χ1v) is 11.7. The van der Waals surface area contributed by atoms with Crippen molar-refractivity contribution >= 4 is 51.2 Å². The number of thiophene rings is 2. The van der Waals surface area contributed by atoms with Crippen molar-refractivity contribution in [3.05, 3.63) is 93.6 Å². The van der Waals surface area contributed by atoms with Gasteiger partial charge in [0, 0.05) is 17.1 Å². The number of hydrogen-bond acceptors (Lipinski definition) is 5. The van der Waals surface area contributed by atoms with Gasteiger partial charge in [-0.05, 0) is 52.7 Å². The highest BCUT2D eigenvalue weighted by Gasteiger charge is 2.16. The van der Waals surface area contributed by atoms with Crippen molar-refractivity contribution in [3.8, 4) is 21.1 Å². The first-order valence-electron chi connectivity index (χ1n) is 9.60. The molecular formula is C24H16ClN3OS2. The summed E-state index contributed by atoms with van der Waals surface area (Å²) < 4.78 is 0. The summed E-state index contributed by atoms with van der Waals surface area (Å²) in [6.45, 7) is 0.361. The molecule has 4 nitrogen and oxygen atoms in total. The van der Waals surface area contributed by atoms with Crippen LogP contribution in [0.4, 0.5) is 0 Å². The Morgan fingerprint density at radius 2 is 1.52 bits per heavy atom. The number of nitrogens with one attached hydrogen (secondary N) is 1. The molecule has 1 N–H and O–H groups in total. The van der Waals surface area contributed by atoms with Crippen molar-refractivity contribution in [2.75, 3.05) is 0 Å². The van der Waals surface area contributed by atoms with E-state index in [1.165, 1.54) is 0 Å². The zero-order valence-corrected chi connectivity index (χ0v) is 18.6. The molecule has 0 aliphatic carbocycles. The monoisotopic (exact) mass is 461 g/mol. The SMILES string of the molecule is O=C(NCc1ccccc1Cl)c1ccc2nc(-c3cccs3)c(-c3cccs3)nc2c1. The first-order chi connectivity index (χ1) is 15.2. The number of benzene rings is 2. The van der Waals surface area contributed by atoms with E-state index >= 15 is 0 Å². The minimum absolute atomic E-state index is 0.177. The lowest BCUT2D eigenvalue weighted by Crippen LogP contribution is -2.22. The summed E-state index contributed by atoms with van der Waals surface area (Å²) in [6, 6.07) is 21.0. The largest absolute Gasteiger partial charge is 0.348 e. The average Bonchev–Trinajstić information content (AvgIpc) is 3.51. The van der Waals surface area contributed by atoms with E-state index in [4.69, 9.17) is 21.6 Å². The molecule has 0 unspecified atom stereocenters. The maximum atomic E-state index is 12.7. The number of aromatic nitrogens is 2. The Kier molecular flexibility index (Phi) is 5.51. The molecule has 0 saturated heterocycles. The molecule has 3 aromatic heterocycles. The van der Waals surface area contributed by atoms with Gasteiger partial charge in [0.05, 0.1) is 20.8 Å². The van der Waals surface area contributed by atoms with E-state index in [9.17, 15) is 4.79 Å². The quantitative estimate of drug-likeness (QED) is 0.318. The third-order valence-corrected chi connectivity index (χ3v) is 6.95. The van der Waals surface area contributed by atoms with Crippen molar-refractivity contribution in [1.29, 1.82) is 0 Å². The standard InChI is InChI=1S/C24H16ClN3OS2/c25-17-6-2-1-5-16(17)14-26-24(29)15-9-10-18-19(13-15)28-23(21-8-4-12-31-21)22(27-18)20-7-3-11-30-20/h1-13H,14H2,(H,26,29). The van der Waals surface area contributed by atoms with Gasteiger partial charge >= 0.3 is 0 Å². The average molecular weight is 462 g/mol. The fourth-order valence-electron chi connectivity index (χ4n) is 3.29. The van der Waals surface area contributed by atoms with Crippen LogP contribution in [-0.4, -0.2) is 15.9 Å². The second kappa shape index (κ2) is 8.59.